The molecular weight excluding hydrogens is 256 g/mol. The molecule has 0 spiro atoms. The molecule has 1 heterocycles. The van der Waals surface area contributed by atoms with Crippen LogP contribution < -0.4 is 5.32 Å². The molecule has 2 aliphatic rings. The predicted molar refractivity (Wildman–Crippen MR) is 76.4 cm³/mol. The third kappa shape index (κ3) is 3.72. The fourth-order valence-corrected chi connectivity index (χ4v) is 3.54. The smallest absolute Gasteiger partial charge is 0.306 e. The van der Waals surface area contributed by atoms with Gasteiger partial charge in [-0.05, 0) is 51.5 Å². The van der Waals surface area contributed by atoms with Gasteiger partial charge in [-0.3, -0.25) is 9.59 Å². The number of carboxylic acid groups (broad SMARTS) is 1. The van der Waals surface area contributed by atoms with Gasteiger partial charge in [0.15, 0.2) is 0 Å². The molecule has 5 heteroatoms. The molecule has 1 aliphatic heterocycles. The van der Waals surface area contributed by atoms with Crippen LogP contribution in [0.3, 0.4) is 0 Å². The molecule has 20 heavy (non-hydrogen) atoms. The normalized spacial score (nSPS) is 30.4. The molecule has 0 bridgehead atoms. The monoisotopic (exact) mass is 282 g/mol. The van der Waals surface area contributed by atoms with E-state index in [0.29, 0.717) is 19.1 Å². The minimum Gasteiger partial charge on any atom is -0.481 e. The Kier molecular flexibility index (Phi) is 5.40. The number of carboxylic acids is 1. The Balaban J connectivity index is 1.72. The zero-order valence-electron chi connectivity index (χ0n) is 12.3. The highest BCUT2D eigenvalue weighted by Gasteiger charge is 2.32. The van der Waals surface area contributed by atoms with Gasteiger partial charge < -0.3 is 15.3 Å². The van der Waals surface area contributed by atoms with Crippen molar-refractivity contribution in [1.82, 2.24) is 10.2 Å². The molecule has 1 aliphatic carbocycles. The van der Waals surface area contributed by atoms with Gasteiger partial charge in [0.1, 0.15) is 0 Å². The summed E-state index contributed by atoms with van der Waals surface area (Å²) in [4.78, 5) is 25.2. The first-order chi connectivity index (χ1) is 9.59. The van der Waals surface area contributed by atoms with Crippen molar-refractivity contribution < 1.29 is 14.7 Å². The Morgan fingerprint density at radius 2 is 2.00 bits per heavy atom. The number of likely N-dealkylation sites (tertiary alicyclic amines) is 1. The highest BCUT2D eigenvalue weighted by Crippen LogP contribution is 2.31. The van der Waals surface area contributed by atoms with Gasteiger partial charge in [-0.1, -0.05) is 6.42 Å². The third-order valence-electron chi connectivity index (χ3n) is 4.78. The lowest BCUT2D eigenvalue weighted by Crippen LogP contribution is -2.46. The van der Waals surface area contributed by atoms with Gasteiger partial charge >= 0.3 is 5.97 Å². The molecule has 2 rings (SSSR count). The molecule has 1 amide bonds. The van der Waals surface area contributed by atoms with Crippen molar-refractivity contribution >= 4 is 11.9 Å². The molecule has 2 N–H and O–H groups in total. The lowest BCUT2D eigenvalue weighted by molar-refractivity contribution is -0.142. The number of aliphatic carboxylic acids is 1. The maximum Gasteiger partial charge on any atom is 0.306 e. The zero-order valence-corrected chi connectivity index (χ0v) is 12.3. The standard InChI is InChI=1S/C15H26N2O3/c1-11-5-2-3-8-17(11)14(18)10-16-9-12-6-4-7-13(12)15(19)20/h11-13,16H,2-10H2,1H3,(H,19,20). The minimum absolute atomic E-state index is 0.155. The van der Waals surface area contributed by atoms with Crippen LogP contribution >= 0.6 is 0 Å². The number of carbonyl (C=O) groups excluding carboxylic acids is 1. The lowest BCUT2D eigenvalue weighted by atomic mass is 9.96. The first-order valence-electron chi connectivity index (χ1n) is 7.82. The molecule has 114 valence electrons. The Hall–Kier alpha value is -1.10. The molecule has 2 fully saturated rings. The summed E-state index contributed by atoms with van der Waals surface area (Å²) >= 11 is 0. The summed E-state index contributed by atoms with van der Waals surface area (Å²) in [5.41, 5.74) is 0. The average molecular weight is 282 g/mol. The zero-order chi connectivity index (χ0) is 14.5. The molecule has 3 atom stereocenters. The lowest BCUT2D eigenvalue weighted by Gasteiger charge is -2.33. The van der Waals surface area contributed by atoms with E-state index in [1.165, 1.54) is 6.42 Å². The number of rotatable bonds is 5. The molecular formula is C15H26N2O3. The molecule has 0 aromatic carbocycles. The summed E-state index contributed by atoms with van der Waals surface area (Å²) in [5.74, 6) is -0.585. The van der Waals surface area contributed by atoms with E-state index in [0.717, 1.165) is 38.6 Å². The summed E-state index contributed by atoms with van der Waals surface area (Å²) in [6, 6.07) is 0.344. The van der Waals surface area contributed by atoms with Crippen LogP contribution in [0.5, 0.6) is 0 Å². The maximum atomic E-state index is 12.1. The van der Waals surface area contributed by atoms with E-state index in [2.05, 4.69) is 12.2 Å². The molecule has 0 radical (unpaired) electrons. The predicted octanol–water partition coefficient (Wildman–Crippen LogP) is 1.48. The molecule has 0 aromatic rings. The second-order valence-electron chi connectivity index (χ2n) is 6.20. The molecule has 5 nitrogen and oxygen atoms in total. The van der Waals surface area contributed by atoms with Crippen molar-refractivity contribution in [1.29, 1.82) is 0 Å². The Morgan fingerprint density at radius 3 is 2.70 bits per heavy atom. The van der Waals surface area contributed by atoms with Crippen LogP contribution in [-0.2, 0) is 9.59 Å². The van der Waals surface area contributed by atoms with Gasteiger partial charge in [0.25, 0.3) is 0 Å². The van der Waals surface area contributed by atoms with E-state index >= 15 is 0 Å². The van der Waals surface area contributed by atoms with Crippen LogP contribution in [0.2, 0.25) is 0 Å². The Bertz CT molecular complexity index is 359. The number of hydrogen-bond donors (Lipinski definition) is 2. The summed E-state index contributed by atoms with van der Waals surface area (Å²) in [5, 5.41) is 12.3. The number of carbonyl (C=O) groups is 2. The summed E-state index contributed by atoms with van der Waals surface area (Å²) in [6.07, 6.45) is 6.12. The number of amides is 1. The van der Waals surface area contributed by atoms with Crippen molar-refractivity contribution in [3.8, 4) is 0 Å². The van der Waals surface area contributed by atoms with Crippen molar-refractivity contribution in [2.24, 2.45) is 11.8 Å². The molecule has 3 unspecified atom stereocenters. The summed E-state index contributed by atoms with van der Waals surface area (Å²) in [7, 11) is 0. The van der Waals surface area contributed by atoms with E-state index in [9.17, 15) is 9.59 Å². The number of hydrogen-bond acceptors (Lipinski definition) is 3. The van der Waals surface area contributed by atoms with Crippen molar-refractivity contribution in [3.63, 3.8) is 0 Å². The summed E-state index contributed by atoms with van der Waals surface area (Å²) in [6.45, 7) is 3.95. The number of nitrogens with one attached hydrogen (secondary N) is 1. The van der Waals surface area contributed by atoms with Gasteiger partial charge in [-0.25, -0.2) is 0 Å². The van der Waals surface area contributed by atoms with E-state index in [1.54, 1.807) is 0 Å². The SMILES string of the molecule is CC1CCCCN1C(=O)CNCC1CCCC1C(=O)O. The van der Waals surface area contributed by atoms with Crippen LogP contribution in [0, 0.1) is 11.8 Å². The minimum atomic E-state index is -0.690. The quantitative estimate of drug-likeness (QED) is 0.801. The highest BCUT2D eigenvalue weighted by atomic mass is 16.4. The topological polar surface area (TPSA) is 69.6 Å². The van der Waals surface area contributed by atoms with Crippen LogP contribution in [0.4, 0.5) is 0 Å². The maximum absolute atomic E-state index is 12.1. The second kappa shape index (κ2) is 7.07. The van der Waals surface area contributed by atoms with Gasteiger partial charge in [-0.15, -0.1) is 0 Å². The van der Waals surface area contributed by atoms with E-state index < -0.39 is 5.97 Å². The molecule has 1 saturated carbocycles. The van der Waals surface area contributed by atoms with Crippen LogP contribution in [0.1, 0.15) is 45.4 Å². The van der Waals surface area contributed by atoms with Crippen molar-refractivity contribution in [2.75, 3.05) is 19.6 Å². The fourth-order valence-electron chi connectivity index (χ4n) is 3.54. The van der Waals surface area contributed by atoms with Gasteiger partial charge in [0.05, 0.1) is 12.5 Å². The largest absolute Gasteiger partial charge is 0.481 e. The second-order valence-corrected chi connectivity index (χ2v) is 6.20. The number of nitrogens with zero attached hydrogens (tertiary/aromatic N) is 1. The summed E-state index contributed by atoms with van der Waals surface area (Å²) < 4.78 is 0. The molecule has 1 saturated heterocycles. The fraction of sp³-hybridized carbons (Fsp3) is 0.867. The average Bonchev–Trinajstić information content (AvgIpc) is 2.87. The van der Waals surface area contributed by atoms with Crippen molar-refractivity contribution in [3.05, 3.63) is 0 Å². The van der Waals surface area contributed by atoms with Crippen LogP contribution in [0.25, 0.3) is 0 Å². The molecule has 0 aromatic heterocycles. The third-order valence-corrected chi connectivity index (χ3v) is 4.78. The highest BCUT2D eigenvalue weighted by molar-refractivity contribution is 5.78. The Labute approximate surface area is 120 Å². The first-order valence-corrected chi connectivity index (χ1v) is 7.82. The van der Waals surface area contributed by atoms with Gasteiger partial charge in [-0.2, -0.15) is 0 Å². The van der Waals surface area contributed by atoms with Gasteiger partial charge in [0.2, 0.25) is 5.91 Å². The first kappa shape index (κ1) is 15.3. The number of piperidine rings is 1. The van der Waals surface area contributed by atoms with Gasteiger partial charge in [0, 0.05) is 12.6 Å². The van der Waals surface area contributed by atoms with Crippen LogP contribution in [0.15, 0.2) is 0 Å². The van der Waals surface area contributed by atoms with E-state index in [4.69, 9.17) is 5.11 Å². The van der Waals surface area contributed by atoms with E-state index in [-0.39, 0.29) is 17.7 Å². The van der Waals surface area contributed by atoms with Crippen LogP contribution in [-0.4, -0.2) is 47.6 Å². The van der Waals surface area contributed by atoms with E-state index in [1.807, 2.05) is 4.90 Å². The van der Waals surface area contributed by atoms with Crippen molar-refractivity contribution in [2.45, 2.75) is 51.5 Å². The Morgan fingerprint density at radius 1 is 1.20 bits per heavy atom.